The van der Waals surface area contributed by atoms with Crippen LogP contribution < -0.4 is 4.74 Å². The second kappa shape index (κ2) is 6.92. The van der Waals surface area contributed by atoms with E-state index < -0.39 is 5.79 Å². The third-order valence-electron chi connectivity index (χ3n) is 4.13. The Morgan fingerprint density at radius 2 is 1.81 bits per heavy atom. The van der Waals surface area contributed by atoms with Gasteiger partial charge in [0.15, 0.2) is 0 Å². The van der Waals surface area contributed by atoms with Gasteiger partial charge in [0, 0.05) is 12.0 Å². The van der Waals surface area contributed by atoms with E-state index in [-0.39, 0.29) is 0 Å². The number of para-hydroxylation sites is 1. The van der Waals surface area contributed by atoms with Gasteiger partial charge in [-0.25, -0.2) is 9.67 Å². The molecular weight excluding hydrogens is 330 g/mol. The SMILES string of the molecule is CCC1=COC(Cn2cncn2)(c2ccc(Oc3ccccc3)cc2)O1. The molecule has 0 fully saturated rings. The molecule has 26 heavy (non-hydrogen) atoms. The van der Waals surface area contributed by atoms with Gasteiger partial charge in [-0.05, 0) is 36.4 Å². The lowest BCUT2D eigenvalue weighted by Gasteiger charge is -2.28. The Kier molecular flexibility index (Phi) is 4.31. The summed E-state index contributed by atoms with van der Waals surface area (Å²) in [4.78, 5) is 3.99. The highest BCUT2D eigenvalue weighted by Gasteiger charge is 2.41. The van der Waals surface area contributed by atoms with Gasteiger partial charge in [-0.1, -0.05) is 25.1 Å². The maximum absolute atomic E-state index is 6.13. The Balaban J connectivity index is 1.58. The monoisotopic (exact) mass is 349 g/mol. The molecule has 6 nitrogen and oxygen atoms in total. The zero-order valence-corrected chi connectivity index (χ0v) is 14.4. The lowest BCUT2D eigenvalue weighted by Crippen LogP contribution is -2.33. The summed E-state index contributed by atoms with van der Waals surface area (Å²) in [6.07, 6.45) is 5.57. The highest BCUT2D eigenvalue weighted by Crippen LogP contribution is 2.38. The van der Waals surface area contributed by atoms with E-state index in [1.165, 1.54) is 6.33 Å². The number of benzene rings is 2. The van der Waals surface area contributed by atoms with E-state index in [2.05, 4.69) is 10.1 Å². The molecule has 0 saturated heterocycles. The molecule has 0 amide bonds. The van der Waals surface area contributed by atoms with Crippen LogP contribution >= 0.6 is 0 Å². The minimum absolute atomic E-state index is 0.395. The van der Waals surface area contributed by atoms with Crippen LogP contribution in [0, 0.1) is 0 Å². The first-order valence-electron chi connectivity index (χ1n) is 8.49. The molecule has 1 unspecified atom stereocenters. The van der Waals surface area contributed by atoms with Crippen LogP contribution in [-0.4, -0.2) is 14.8 Å². The van der Waals surface area contributed by atoms with E-state index in [9.17, 15) is 0 Å². The fourth-order valence-electron chi connectivity index (χ4n) is 2.79. The minimum atomic E-state index is -0.954. The number of hydrogen-bond donors (Lipinski definition) is 0. The van der Waals surface area contributed by atoms with Crippen molar-refractivity contribution in [2.24, 2.45) is 0 Å². The Morgan fingerprint density at radius 1 is 1.04 bits per heavy atom. The van der Waals surface area contributed by atoms with Crippen LogP contribution in [0.3, 0.4) is 0 Å². The lowest BCUT2D eigenvalue weighted by atomic mass is 10.1. The molecule has 0 aliphatic carbocycles. The summed E-state index contributed by atoms with van der Waals surface area (Å²) in [5, 5.41) is 4.17. The fourth-order valence-corrected chi connectivity index (χ4v) is 2.79. The quantitative estimate of drug-likeness (QED) is 0.667. The number of ether oxygens (including phenoxy) is 3. The lowest BCUT2D eigenvalue weighted by molar-refractivity contribution is -0.169. The first-order valence-corrected chi connectivity index (χ1v) is 8.49. The maximum Gasteiger partial charge on any atom is 0.297 e. The largest absolute Gasteiger partial charge is 0.457 e. The van der Waals surface area contributed by atoms with Crippen LogP contribution in [0.1, 0.15) is 18.9 Å². The van der Waals surface area contributed by atoms with E-state index in [4.69, 9.17) is 14.2 Å². The van der Waals surface area contributed by atoms with Crippen molar-refractivity contribution in [3.63, 3.8) is 0 Å². The summed E-state index contributed by atoms with van der Waals surface area (Å²) in [5.41, 5.74) is 0.883. The van der Waals surface area contributed by atoms with E-state index in [1.807, 2.05) is 61.5 Å². The molecule has 0 spiro atoms. The summed E-state index contributed by atoms with van der Waals surface area (Å²) in [5.74, 6) is 1.39. The van der Waals surface area contributed by atoms with Crippen molar-refractivity contribution in [1.29, 1.82) is 0 Å². The van der Waals surface area contributed by atoms with Gasteiger partial charge in [0.05, 0.1) is 0 Å². The Bertz CT molecular complexity index is 876. The zero-order valence-electron chi connectivity index (χ0n) is 14.4. The molecule has 0 bridgehead atoms. The van der Waals surface area contributed by atoms with Gasteiger partial charge >= 0.3 is 0 Å². The normalized spacial score (nSPS) is 18.7. The van der Waals surface area contributed by atoms with Crippen molar-refractivity contribution in [1.82, 2.24) is 14.8 Å². The molecule has 0 radical (unpaired) electrons. The summed E-state index contributed by atoms with van der Waals surface area (Å²) in [6.45, 7) is 2.42. The van der Waals surface area contributed by atoms with Crippen LogP contribution in [0.2, 0.25) is 0 Å². The molecule has 6 heteroatoms. The Labute approximate surface area is 151 Å². The molecule has 3 aromatic rings. The molecule has 132 valence electrons. The minimum Gasteiger partial charge on any atom is -0.457 e. The molecule has 2 aromatic carbocycles. The second-order valence-electron chi connectivity index (χ2n) is 5.94. The van der Waals surface area contributed by atoms with Crippen LogP contribution in [0.15, 0.2) is 79.3 Å². The fraction of sp³-hybridized carbons (Fsp3) is 0.200. The summed E-state index contributed by atoms with van der Waals surface area (Å²) in [7, 11) is 0. The molecule has 1 aliphatic rings. The van der Waals surface area contributed by atoms with Gasteiger partial charge in [0.1, 0.15) is 42.7 Å². The average Bonchev–Trinajstić information content (AvgIpc) is 3.34. The Hall–Kier alpha value is -3.28. The van der Waals surface area contributed by atoms with E-state index in [0.29, 0.717) is 6.54 Å². The Morgan fingerprint density at radius 3 is 2.46 bits per heavy atom. The third kappa shape index (κ3) is 3.26. The van der Waals surface area contributed by atoms with Crippen molar-refractivity contribution >= 4 is 0 Å². The van der Waals surface area contributed by atoms with Gasteiger partial charge < -0.3 is 14.2 Å². The van der Waals surface area contributed by atoms with E-state index >= 15 is 0 Å². The van der Waals surface area contributed by atoms with Crippen LogP contribution in [0.5, 0.6) is 11.5 Å². The van der Waals surface area contributed by atoms with Crippen LogP contribution in [0.25, 0.3) is 0 Å². The van der Waals surface area contributed by atoms with Gasteiger partial charge in [-0.3, -0.25) is 0 Å². The average molecular weight is 349 g/mol. The second-order valence-corrected chi connectivity index (χ2v) is 5.94. The number of nitrogens with zero attached hydrogens (tertiary/aromatic N) is 3. The van der Waals surface area contributed by atoms with Gasteiger partial charge in [-0.15, -0.1) is 0 Å². The molecule has 1 aromatic heterocycles. The molecule has 1 atom stereocenters. The predicted molar refractivity (Wildman–Crippen MR) is 95.2 cm³/mol. The van der Waals surface area contributed by atoms with Gasteiger partial charge in [0.2, 0.25) is 0 Å². The van der Waals surface area contributed by atoms with Crippen molar-refractivity contribution in [2.75, 3.05) is 0 Å². The number of hydrogen-bond acceptors (Lipinski definition) is 5. The van der Waals surface area contributed by atoms with Gasteiger partial charge in [-0.2, -0.15) is 5.10 Å². The van der Waals surface area contributed by atoms with E-state index in [1.54, 1.807) is 17.3 Å². The van der Waals surface area contributed by atoms with Crippen LogP contribution in [-0.2, 0) is 21.8 Å². The summed E-state index contributed by atoms with van der Waals surface area (Å²) < 4.78 is 19.6. The van der Waals surface area contributed by atoms with Crippen molar-refractivity contribution in [2.45, 2.75) is 25.7 Å². The van der Waals surface area contributed by atoms with Gasteiger partial charge in [0.25, 0.3) is 5.79 Å². The third-order valence-corrected chi connectivity index (χ3v) is 4.13. The smallest absolute Gasteiger partial charge is 0.297 e. The highest BCUT2D eigenvalue weighted by atomic mass is 16.7. The topological polar surface area (TPSA) is 58.4 Å². The maximum atomic E-state index is 6.13. The number of allylic oxidation sites excluding steroid dienone is 1. The molecule has 4 rings (SSSR count). The number of rotatable bonds is 6. The van der Waals surface area contributed by atoms with Crippen molar-refractivity contribution in [3.8, 4) is 11.5 Å². The first-order chi connectivity index (χ1) is 12.8. The highest BCUT2D eigenvalue weighted by molar-refractivity contribution is 5.35. The molecule has 0 N–H and O–H groups in total. The predicted octanol–water partition coefficient (Wildman–Crippen LogP) is 4.22. The van der Waals surface area contributed by atoms with Crippen molar-refractivity contribution < 1.29 is 14.2 Å². The molecule has 1 aliphatic heterocycles. The van der Waals surface area contributed by atoms with Crippen LogP contribution in [0.4, 0.5) is 0 Å². The van der Waals surface area contributed by atoms with E-state index in [0.717, 1.165) is 29.2 Å². The molecular formula is C20H19N3O3. The molecule has 0 saturated carbocycles. The summed E-state index contributed by atoms with van der Waals surface area (Å²) >= 11 is 0. The molecule has 2 heterocycles. The first kappa shape index (κ1) is 16.2. The standard InChI is InChI=1S/C20H19N3O3/c1-2-17-12-24-20(26-17,13-23-15-21-14-22-23)16-8-10-19(11-9-16)25-18-6-4-3-5-7-18/h3-12,14-15H,2,13H2,1H3. The summed E-state index contributed by atoms with van der Waals surface area (Å²) in [6, 6.07) is 17.4. The van der Waals surface area contributed by atoms with Crippen molar-refractivity contribution in [3.05, 3.63) is 84.8 Å². The zero-order chi connectivity index (χ0) is 17.8. The number of aromatic nitrogens is 3.